The van der Waals surface area contributed by atoms with Crippen molar-refractivity contribution in [2.45, 2.75) is 64.9 Å². The van der Waals surface area contributed by atoms with Crippen LogP contribution >= 0.6 is 11.3 Å². The first-order valence-electron chi connectivity index (χ1n) is 10.9. The van der Waals surface area contributed by atoms with Gasteiger partial charge in [-0.15, -0.1) is 11.3 Å². The van der Waals surface area contributed by atoms with E-state index in [1.54, 1.807) is 32.1 Å². The van der Waals surface area contributed by atoms with Crippen molar-refractivity contribution >= 4 is 29.2 Å². The highest BCUT2D eigenvalue weighted by Gasteiger charge is 2.30. The van der Waals surface area contributed by atoms with Crippen molar-refractivity contribution in [3.63, 3.8) is 0 Å². The van der Waals surface area contributed by atoms with E-state index in [4.69, 9.17) is 4.74 Å². The molecule has 1 unspecified atom stereocenters. The molecule has 0 spiro atoms. The molecule has 3 rings (SSSR count). The Morgan fingerprint density at radius 3 is 2.60 bits per heavy atom. The molecule has 0 bridgehead atoms. The molecule has 1 aromatic heterocycles. The Morgan fingerprint density at radius 1 is 1.13 bits per heavy atom. The maximum atomic E-state index is 13.0. The molecule has 1 atom stereocenters. The molecule has 0 aromatic carbocycles. The van der Waals surface area contributed by atoms with E-state index in [1.807, 2.05) is 4.90 Å². The Labute approximate surface area is 182 Å². The lowest BCUT2D eigenvalue weighted by molar-refractivity contribution is -0.126. The predicted octanol–water partition coefficient (Wildman–Crippen LogP) is 3.12. The number of hydrogen-bond acceptors (Lipinski definition) is 5. The summed E-state index contributed by atoms with van der Waals surface area (Å²) in [5, 5.41) is 5.50. The number of nitrogens with one attached hydrogen (secondary N) is 2. The topological polar surface area (TPSA) is 87.7 Å². The van der Waals surface area contributed by atoms with Gasteiger partial charge >= 0.3 is 6.09 Å². The zero-order valence-electron chi connectivity index (χ0n) is 18.2. The third-order valence-electron chi connectivity index (χ3n) is 5.38. The van der Waals surface area contributed by atoms with Crippen molar-refractivity contribution in [3.05, 3.63) is 21.4 Å². The highest BCUT2D eigenvalue weighted by molar-refractivity contribution is 7.14. The van der Waals surface area contributed by atoms with E-state index in [-0.39, 0.29) is 17.7 Å². The quantitative estimate of drug-likeness (QED) is 0.696. The third kappa shape index (κ3) is 6.20. The lowest BCUT2D eigenvalue weighted by Gasteiger charge is -2.31. The Kier molecular flexibility index (Phi) is 7.39. The highest BCUT2D eigenvalue weighted by atomic mass is 32.1. The maximum Gasteiger partial charge on any atom is 0.407 e. The van der Waals surface area contributed by atoms with E-state index >= 15 is 0 Å². The van der Waals surface area contributed by atoms with Gasteiger partial charge in [-0.1, -0.05) is 0 Å². The summed E-state index contributed by atoms with van der Waals surface area (Å²) in [6.45, 7) is 7.19. The van der Waals surface area contributed by atoms with Gasteiger partial charge in [0, 0.05) is 31.1 Å². The van der Waals surface area contributed by atoms with Gasteiger partial charge in [0.2, 0.25) is 5.91 Å². The van der Waals surface area contributed by atoms with Gasteiger partial charge in [-0.05, 0) is 70.9 Å². The van der Waals surface area contributed by atoms with Crippen LogP contribution in [0.3, 0.4) is 0 Å². The van der Waals surface area contributed by atoms with Crippen LogP contribution in [0.4, 0.5) is 4.79 Å². The van der Waals surface area contributed by atoms with E-state index < -0.39 is 11.7 Å². The summed E-state index contributed by atoms with van der Waals surface area (Å²) in [6.07, 6.45) is 5.66. The van der Waals surface area contributed by atoms with Gasteiger partial charge in [0.05, 0.1) is 10.8 Å². The van der Waals surface area contributed by atoms with Crippen molar-refractivity contribution in [1.29, 1.82) is 0 Å². The molecule has 3 amide bonds. The van der Waals surface area contributed by atoms with Crippen molar-refractivity contribution in [3.8, 4) is 0 Å². The number of amides is 3. The summed E-state index contributed by atoms with van der Waals surface area (Å²) in [5.41, 5.74) is 0.783. The van der Waals surface area contributed by atoms with Crippen LogP contribution in [-0.2, 0) is 22.4 Å². The van der Waals surface area contributed by atoms with Crippen molar-refractivity contribution in [2.75, 3.05) is 26.2 Å². The number of ether oxygens (including phenoxy) is 1. The minimum Gasteiger partial charge on any atom is -0.444 e. The first kappa shape index (κ1) is 22.6. The number of hydrogen-bond donors (Lipinski definition) is 2. The van der Waals surface area contributed by atoms with E-state index in [0.29, 0.717) is 26.2 Å². The first-order valence-corrected chi connectivity index (χ1v) is 11.7. The Morgan fingerprint density at radius 2 is 1.87 bits per heavy atom. The van der Waals surface area contributed by atoms with Gasteiger partial charge in [-0.3, -0.25) is 9.59 Å². The second-order valence-corrected chi connectivity index (χ2v) is 10.2. The molecule has 166 valence electrons. The molecular formula is C22H33N3O4S. The molecule has 1 aliphatic carbocycles. The maximum absolute atomic E-state index is 13.0. The summed E-state index contributed by atoms with van der Waals surface area (Å²) in [6, 6.07) is 2.06. The van der Waals surface area contributed by atoms with E-state index in [2.05, 4.69) is 16.7 Å². The molecule has 8 heteroatoms. The predicted molar refractivity (Wildman–Crippen MR) is 117 cm³/mol. The van der Waals surface area contributed by atoms with Crippen molar-refractivity contribution < 1.29 is 19.1 Å². The van der Waals surface area contributed by atoms with Crippen LogP contribution in [0.5, 0.6) is 0 Å². The molecule has 30 heavy (non-hydrogen) atoms. The minimum atomic E-state index is -0.548. The van der Waals surface area contributed by atoms with Crippen LogP contribution in [0.2, 0.25) is 0 Å². The SMILES string of the molecule is CC(C)(C)OC(=O)NCCNC(=O)C1CCCN(C(=O)c2cc3c(s2)CCCC3)C1. The third-order valence-corrected chi connectivity index (χ3v) is 6.60. The Balaban J connectivity index is 1.45. The standard InChI is InChI=1S/C22H33N3O4S/c1-22(2,3)29-21(28)24-11-10-23-19(26)16-8-6-12-25(14-16)20(27)18-13-15-7-4-5-9-17(15)30-18/h13,16H,4-12,14H2,1-3H3,(H,23,26)(H,24,28). The first-order chi connectivity index (χ1) is 14.2. The number of carbonyl (C=O) groups excluding carboxylic acids is 3. The van der Waals surface area contributed by atoms with Gasteiger partial charge in [0.15, 0.2) is 0 Å². The van der Waals surface area contributed by atoms with Gasteiger partial charge in [-0.2, -0.15) is 0 Å². The van der Waals surface area contributed by atoms with Gasteiger partial charge in [0.1, 0.15) is 5.60 Å². The number of alkyl carbamates (subject to hydrolysis) is 1. The molecule has 1 fully saturated rings. The van der Waals surface area contributed by atoms with Gasteiger partial charge < -0.3 is 20.3 Å². The van der Waals surface area contributed by atoms with Gasteiger partial charge in [0.25, 0.3) is 5.91 Å². The molecular weight excluding hydrogens is 402 g/mol. The number of thiophene rings is 1. The van der Waals surface area contributed by atoms with E-state index in [1.165, 1.54) is 23.3 Å². The number of likely N-dealkylation sites (tertiary alicyclic amines) is 1. The van der Waals surface area contributed by atoms with E-state index in [0.717, 1.165) is 30.6 Å². The summed E-state index contributed by atoms with van der Waals surface area (Å²) in [7, 11) is 0. The molecule has 2 N–H and O–H groups in total. The van der Waals surface area contributed by atoms with Gasteiger partial charge in [-0.25, -0.2) is 4.79 Å². The fourth-order valence-corrected chi connectivity index (χ4v) is 5.16. The number of aryl methyl sites for hydroxylation is 2. The second kappa shape index (κ2) is 9.81. The fourth-order valence-electron chi connectivity index (χ4n) is 3.94. The smallest absolute Gasteiger partial charge is 0.407 e. The van der Waals surface area contributed by atoms with Crippen molar-refractivity contribution in [1.82, 2.24) is 15.5 Å². The van der Waals surface area contributed by atoms with Crippen LogP contribution < -0.4 is 10.6 Å². The Bertz CT molecular complexity index is 760. The van der Waals surface area contributed by atoms with Crippen LogP contribution in [0.1, 0.15) is 66.6 Å². The number of fused-ring (bicyclic) bond motifs is 1. The molecule has 2 aliphatic rings. The lowest BCUT2D eigenvalue weighted by atomic mass is 9.96. The summed E-state index contributed by atoms with van der Waals surface area (Å²) in [4.78, 5) is 41.2. The second-order valence-electron chi connectivity index (χ2n) is 9.08. The average molecular weight is 436 g/mol. The molecule has 1 aromatic rings. The van der Waals surface area contributed by atoms with Crippen LogP contribution in [0.25, 0.3) is 0 Å². The lowest BCUT2D eigenvalue weighted by Crippen LogP contribution is -2.46. The van der Waals surface area contributed by atoms with Crippen LogP contribution in [0.15, 0.2) is 6.07 Å². The number of carbonyl (C=O) groups is 3. The largest absolute Gasteiger partial charge is 0.444 e. The Hall–Kier alpha value is -2.09. The summed E-state index contributed by atoms with van der Waals surface area (Å²) >= 11 is 1.63. The number of piperidine rings is 1. The van der Waals surface area contributed by atoms with Crippen molar-refractivity contribution in [2.24, 2.45) is 5.92 Å². The number of nitrogens with zero attached hydrogens (tertiary/aromatic N) is 1. The molecule has 1 aliphatic heterocycles. The number of rotatable bonds is 5. The highest BCUT2D eigenvalue weighted by Crippen LogP contribution is 2.31. The summed E-state index contributed by atoms with van der Waals surface area (Å²) < 4.78 is 5.17. The molecule has 1 saturated heterocycles. The molecule has 0 saturated carbocycles. The monoisotopic (exact) mass is 435 g/mol. The summed E-state index contributed by atoms with van der Waals surface area (Å²) in [5.74, 6) is -0.221. The molecule has 7 nitrogen and oxygen atoms in total. The molecule has 0 radical (unpaired) electrons. The normalized spacial score (nSPS) is 19.0. The zero-order chi connectivity index (χ0) is 21.7. The van der Waals surface area contributed by atoms with E-state index in [9.17, 15) is 14.4 Å². The zero-order valence-corrected chi connectivity index (χ0v) is 19.0. The average Bonchev–Trinajstić information content (AvgIpc) is 3.13. The van der Waals surface area contributed by atoms with Crippen LogP contribution in [-0.4, -0.2) is 54.6 Å². The fraction of sp³-hybridized carbons (Fsp3) is 0.682. The molecule has 2 heterocycles. The van der Waals surface area contributed by atoms with Crippen LogP contribution in [0, 0.1) is 5.92 Å². The minimum absolute atomic E-state index is 0.0542.